The minimum absolute atomic E-state index is 0.0112. The van der Waals surface area contributed by atoms with Gasteiger partial charge in [-0.3, -0.25) is 4.79 Å². The molecule has 0 radical (unpaired) electrons. The number of phenolic OH excluding ortho intramolecular Hbond substituents is 1. The van der Waals surface area contributed by atoms with E-state index in [4.69, 9.17) is 0 Å². The minimum atomic E-state index is -0.456. The largest absolute Gasteiger partial charge is 0.507 e. The predicted molar refractivity (Wildman–Crippen MR) is 65.9 cm³/mol. The Bertz CT molecular complexity index is 386. The Morgan fingerprint density at radius 3 is 2.44 bits per heavy atom. The number of phenols is 1. The fourth-order valence-electron chi connectivity index (χ4n) is 1.61. The fourth-order valence-corrected chi connectivity index (χ4v) is 1.61. The zero-order chi connectivity index (χ0) is 12.3. The summed E-state index contributed by atoms with van der Waals surface area (Å²) in [6.07, 6.45) is 1.97. The van der Waals surface area contributed by atoms with E-state index in [0.717, 1.165) is 18.4 Å². The SMILES string of the molecule is CCCc1ccc(O)c(C(=O)C(C)(C)C)c1. The van der Waals surface area contributed by atoms with Crippen LogP contribution in [0.3, 0.4) is 0 Å². The highest BCUT2D eigenvalue weighted by atomic mass is 16.3. The summed E-state index contributed by atoms with van der Waals surface area (Å²) >= 11 is 0. The summed E-state index contributed by atoms with van der Waals surface area (Å²) in [6, 6.07) is 5.30. The van der Waals surface area contributed by atoms with Crippen LogP contribution >= 0.6 is 0 Å². The van der Waals surface area contributed by atoms with Crippen molar-refractivity contribution >= 4 is 5.78 Å². The molecule has 1 N–H and O–H groups in total. The summed E-state index contributed by atoms with van der Waals surface area (Å²) in [7, 11) is 0. The Balaban J connectivity index is 3.12. The molecule has 16 heavy (non-hydrogen) atoms. The topological polar surface area (TPSA) is 37.3 Å². The van der Waals surface area contributed by atoms with E-state index < -0.39 is 5.41 Å². The first kappa shape index (κ1) is 12.8. The van der Waals surface area contributed by atoms with Crippen LogP contribution in [-0.2, 0) is 6.42 Å². The summed E-state index contributed by atoms with van der Waals surface area (Å²) in [4.78, 5) is 12.1. The molecule has 1 aromatic rings. The van der Waals surface area contributed by atoms with Crippen LogP contribution in [0.15, 0.2) is 18.2 Å². The number of aryl methyl sites for hydroxylation is 1. The highest BCUT2D eigenvalue weighted by molar-refractivity contribution is 6.02. The van der Waals surface area contributed by atoms with E-state index in [1.807, 2.05) is 32.9 Å². The summed E-state index contributed by atoms with van der Waals surface area (Å²) in [5, 5.41) is 9.72. The van der Waals surface area contributed by atoms with Crippen molar-refractivity contribution in [2.75, 3.05) is 0 Å². The smallest absolute Gasteiger partial charge is 0.171 e. The van der Waals surface area contributed by atoms with Crippen molar-refractivity contribution in [2.45, 2.75) is 40.5 Å². The van der Waals surface area contributed by atoms with E-state index in [1.54, 1.807) is 6.07 Å². The predicted octanol–water partition coefficient (Wildman–Crippen LogP) is 3.57. The number of benzene rings is 1. The highest BCUT2D eigenvalue weighted by Gasteiger charge is 2.25. The Kier molecular flexibility index (Phi) is 3.74. The van der Waals surface area contributed by atoms with Gasteiger partial charge in [0, 0.05) is 5.41 Å². The Morgan fingerprint density at radius 2 is 1.94 bits per heavy atom. The van der Waals surface area contributed by atoms with Crippen LogP contribution in [0.1, 0.15) is 50.0 Å². The van der Waals surface area contributed by atoms with Gasteiger partial charge in [-0.2, -0.15) is 0 Å². The Hall–Kier alpha value is -1.31. The zero-order valence-electron chi connectivity index (χ0n) is 10.5. The number of hydrogen-bond donors (Lipinski definition) is 1. The van der Waals surface area contributed by atoms with Crippen molar-refractivity contribution in [1.29, 1.82) is 0 Å². The summed E-state index contributed by atoms with van der Waals surface area (Å²) in [5.41, 5.74) is 1.09. The van der Waals surface area contributed by atoms with Crippen molar-refractivity contribution < 1.29 is 9.90 Å². The quantitative estimate of drug-likeness (QED) is 0.791. The molecule has 2 nitrogen and oxygen atoms in total. The maximum Gasteiger partial charge on any atom is 0.171 e. The molecule has 0 amide bonds. The van der Waals surface area contributed by atoms with Crippen LogP contribution in [0, 0.1) is 5.41 Å². The minimum Gasteiger partial charge on any atom is -0.507 e. The van der Waals surface area contributed by atoms with Gasteiger partial charge in [-0.05, 0) is 24.1 Å². The molecule has 0 spiro atoms. The van der Waals surface area contributed by atoms with Crippen LogP contribution in [-0.4, -0.2) is 10.9 Å². The molecule has 1 rings (SSSR count). The van der Waals surface area contributed by atoms with E-state index in [1.165, 1.54) is 0 Å². The molecule has 0 aromatic heterocycles. The van der Waals surface area contributed by atoms with Crippen molar-refractivity contribution in [2.24, 2.45) is 5.41 Å². The van der Waals surface area contributed by atoms with Gasteiger partial charge in [-0.15, -0.1) is 0 Å². The maximum atomic E-state index is 12.1. The lowest BCUT2D eigenvalue weighted by atomic mass is 9.85. The molecule has 0 saturated heterocycles. The van der Waals surface area contributed by atoms with Gasteiger partial charge in [-0.1, -0.05) is 40.2 Å². The monoisotopic (exact) mass is 220 g/mol. The molecule has 0 aliphatic rings. The van der Waals surface area contributed by atoms with Crippen molar-refractivity contribution in [1.82, 2.24) is 0 Å². The molecule has 0 fully saturated rings. The molecule has 0 aliphatic heterocycles. The van der Waals surface area contributed by atoms with Gasteiger partial charge >= 0.3 is 0 Å². The second-order valence-electron chi connectivity index (χ2n) is 5.18. The molecule has 0 aliphatic carbocycles. The van der Waals surface area contributed by atoms with Gasteiger partial charge < -0.3 is 5.11 Å². The standard InChI is InChI=1S/C14H20O2/c1-5-6-10-7-8-12(15)11(9-10)13(16)14(2,3)4/h7-9,15H,5-6H2,1-4H3. The lowest BCUT2D eigenvalue weighted by molar-refractivity contribution is 0.0855. The molecule has 0 saturated carbocycles. The average molecular weight is 220 g/mol. The first-order valence-corrected chi connectivity index (χ1v) is 5.73. The lowest BCUT2D eigenvalue weighted by Crippen LogP contribution is -2.20. The molecular formula is C14H20O2. The van der Waals surface area contributed by atoms with Gasteiger partial charge in [0.1, 0.15) is 5.75 Å². The van der Waals surface area contributed by atoms with E-state index >= 15 is 0 Å². The number of hydrogen-bond acceptors (Lipinski definition) is 2. The second kappa shape index (κ2) is 4.69. The molecule has 88 valence electrons. The molecule has 0 heterocycles. The van der Waals surface area contributed by atoms with Crippen LogP contribution < -0.4 is 0 Å². The molecule has 0 unspecified atom stereocenters. The number of Topliss-reactive ketones (excluding diaryl/α,β-unsaturated/α-hetero) is 1. The van der Waals surface area contributed by atoms with E-state index in [0.29, 0.717) is 5.56 Å². The van der Waals surface area contributed by atoms with E-state index in [9.17, 15) is 9.90 Å². The van der Waals surface area contributed by atoms with Crippen molar-refractivity contribution in [3.63, 3.8) is 0 Å². The summed E-state index contributed by atoms with van der Waals surface area (Å²) < 4.78 is 0. The fraction of sp³-hybridized carbons (Fsp3) is 0.500. The summed E-state index contributed by atoms with van der Waals surface area (Å²) in [5.74, 6) is 0.0720. The average Bonchev–Trinajstić information content (AvgIpc) is 2.19. The number of aromatic hydroxyl groups is 1. The van der Waals surface area contributed by atoms with Gasteiger partial charge in [0.2, 0.25) is 0 Å². The third-order valence-electron chi connectivity index (χ3n) is 2.53. The number of carbonyl (C=O) groups is 1. The van der Waals surface area contributed by atoms with Crippen molar-refractivity contribution in [3.05, 3.63) is 29.3 Å². The molecular weight excluding hydrogens is 200 g/mol. The first-order chi connectivity index (χ1) is 7.36. The van der Waals surface area contributed by atoms with Gasteiger partial charge in [0.05, 0.1) is 5.56 Å². The number of carbonyl (C=O) groups excluding carboxylic acids is 1. The van der Waals surface area contributed by atoms with E-state index in [-0.39, 0.29) is 11.5 Å². The third-order valence-corrected chi connectivity index (χ3v) is 2.53. The Labute approximate surface area is 97.3 Å². The number of ketones is 1. The van der Waals surface area contributed by atoms with Crippen LogP contribution in [0.4, 0.5) is 0 Å². The second-order valence-corrected chi connectivity index (χ2v) is 5.18. The highest BCUT2D eigenvalue weighted by Crippen LogP contribution is 2.27. The van der Waals surface area contributed by atoms with Crippen LogP contribution in [0.2, 0.25) is 0 Å². The Morgan fingerprint density at radius 1 is 1.31 bits per heavy atom. The van der Waals surface area contributed by atoms with Crippen molar-refractivity contribution in [3.8, 4) is 5.75 Å². The number of rotatable bonds is 3. The van der Waals surface area contributed by atoms with E-state index in [2.05, 4.69) is 6.92 Å². The zero-order valence-corrected chi connectivity index (χ0v) is 10.5. The van der Waals surface area contributed by atoms with Gasteiger partial charge in [0.25, 0.3) is 0 Å². The lowest BCUT2D eigenvalue weighted by Gasteiger charge is -2.18. The molecule has 0 atom stereocenters. The third kappa shape index (κ3) is 2.84. The normalized spacial score (nSPS) is 11.5. The van der Waals surface area contributed by atoms with Crippen LogP contribution in [0.5, 0.6) is 5.75 Å². The van der Waals surface area contributed by atoms with Gasteiger partial charge in [0.15, 0.2) is 5.78 Å². The molecule has 1 aromatic carbocycles. The maximum absolute atomic E-state index is 12.1. The molecule has 0 bridgehead atoms. The van der Waals surface area contributed by atoms with Gasteiger partial charge in [-0.25, -0.2) is 0 Å². The first-order valence-electron chi connectivity index (χ1n) is 5.73. The molecule has 2 heteroatoms. The van der Waals surface area contributed by atoms with Crippen LogP contribution in [0.25, 0.3) is 0 Å². The summed E-state index contributed by atoms with van der Waals surface area (Å²) in [6.45, 7) is 7.68.